The maximum absolute atomic E-state index is 12.9. The SMILES string of the molecule is C=C(/C=C\C=C1/COC(F)(F)O1)c1n[nH]c2ncc(-c3ccc(CN4CCOCC4)s3)cc12. The molecule has 3 aromatic rings. The minimum atomic E-state index is -3.57. The third kappa shape index (κ3) is 5.03. The van der Waals surface area contributed by atoms with Gasteiger partial charge in [0.2, 0.25) is 0 Å². The van der Waals surface area contributed by atoms with Crippen LogP contribution >= 0.6 is 11.3 Å². The van der Waals surface area contributed by atoms with E-state index in [2.05, 4.69) is 48.3 Å². The molecule has 33 heavy (non-hydrogen) atoms. The summed E-state index contributed by atoms with van der Waals surface area (Å²) in [5, 5.41) is 8.09. The maximum atomic E-state index is 12.9. The Hall–Kier alpha value is -2.92. The smallest absolute Gasteiger partial charge is 0.411 e. The van der Waals surface area contributed by atoms with E-state index in [1.807, 2.05) is 12.3 Å². The van der Waals surface area contributed by atoms with Crippen LogP contribution in [0.1, 0.15) is 10.6 Å². The summed E-state index contributed by atoms with van der Waals surface area (Å²) in [5.41, 5.74) is 2.91. The quantitative estimate of drug-likeness (QED) is 0.530. The molecule has 0 bridgehead atoms. The van der Waals surface area contributed by atoms with Gasteiger partial charge in [0.1, 0.15) is 18.1 Å². The zero-order valence-corrected chi connectivity index (χ0v) is 18.5. The van der Waals surface area contributed by atoms with Crippen LogP contribution in [0.2, 0.25) is 0 Å². The Labute approximate surface area is 193 Å². The third-order valence-corrected chi connectivity index (χ3v) is 6.48. The van der Waals surface area contributed by atoms with Gasteiger partial charge in [0.25, 0.3) is 0 Å². The van der Waals surface area contributed by atoms with E-state index in [4.69, 9.17) is 4.74 Å². The molecular formula is C23H22F2N4O3S. The number of nitrogens with zero attached hydrogens (tertiary/aromatic N) is 3. The minimum Gasteiger partial charge on any atom is -0.411 e. The highest BCUT2D eigenvalue weighted by atomic mass is 32.1. The molecule has 10 heteroatoms. The normalized spacial score (nSPS) is 20.1. The number of allylic oxidation sites excluding steroid dienone is 4. The lowest BCUT2D eigenvalue weighted by Gasteiger charge is -2.25. The third-order valence-electron chi connectivity index (χ3n) is 5.36. The molecule has 0 aromatic carbocycles. The summed E-state index contributed by atoms with van der Waals surface area (Å²) in [7, 11) is 0. The van der Waals surface area contributed by atoms with Crippen LogP contribution in [0.5, 0.6) is 0 Å². The molecule has 7 nitrogen and oxygen atoms in total. The van der Waals surface area contributed by atoms with Gasteiger partial charge in [0, 0.05) is 46.5 Å². The fraction of sp³-hybridized carbons (Fsp3) is 0.304. The van der Waals surface area contributed by atoms with Gasteiger partial charge in [0.05, 0.1) is 13.2 Å². The van der Waals surface area contributed by atoms with Gasteiger partial charge in [-0.2, -0.15) is 5.10 Å². The lowest BCUT2D eigenvalue weighted by molar-refractivity contribution is -0.334. The Kier molecular flexibility index (Phi) is 6.07. The van der Waals surface area contributed by atoms with Crippen LogP contribution in [-0.2, 0) is 20.8 Å². The fourth-order valence-corrected chi connectivity index (χ4v) is 4.71. The van der Waals surface area contributed by atoms with E-state index in [1.54, 1.807) is 23.5 Å². The summed E-state index contributed by atoms with van der Waals surface area (Å²) >= 11 is 1.75. The monoisotopic (exact) mass is 472 g/mol. The van der Waals surface area contributed by atoms with Crippen molar-refractivity contribution in [2.75, 3.05) is 32.9 Å². The van der Waals surface area contributed by atoms with Crippen LogP contribution in [-0.4, -0.2) is 59.3 Å². The number of rotatable bonds is 6. The average Bonchev–Trinajstić information content (AvgIpc) is 3.52. The summed E-state index contributed by atoms with van der Waals surface area (Å²) in [6, 6.07) is 6.31. The van der Waals surface area contributed by atoms with Crippen LogP contribution < -0.4 is 0 Å². The van der Waals surface area contributed by atoms with Crippen LogP contribution in [0, 0.1) is 0 Å². The van der Waals surface area contributed by atoms with Crippen LogP contribution in [0.3, 0.4) is 0 Å². The predicted octanol–water partition coefficient (Wildman–Crippen LogP) is 4.57. The lowest BCUT2D eigenvalue weighted by Crippen LogP contribution is -2.35. The molecule has 0 radical (unpaired) electrons. The highest BCUT2D eigenvalue weighted by Crippen LogP contribution is 2.32. The number of hydrogen-bond acceptors (Lipinski definition) is 7. The second-order valence-corrected chi connectivity index (χ2v) is 8.89. The van der Waals surface area contributed by atoms with Crippen molar-refractivity contribution >= 4 is 27.9 Å². The van der Waals surface area contributed by atoms with Crippen molar-refractivity contribution in [3.63, 3.8) is 0 Å². The summed E-state index contributed by atoms with van der Waals surface area (Å²) < 4.78 is 39.9. The van der Waals surface area contributed by atoms with Gasteiger partial charge in [-0.3, -0.25) is 14.7 Å². The number of ether oxygens (including phenoxy) is 3. The Morgan fingerprint density at radius 1 is 1.30 bits per heavy atom. The first-order chi connectivity index (χ1) is 16.0. The van der Waals surface area contributed by atoms with E-state index in [0.717, 1.165) is 48.7 Å². The van der Waals surface area contributed by atoms with Gasteiger partial charge < -0.3 is 9.47 Å². The number of H-pyrrole nitrogens is 1. The molecule has 1 N–H and O–H groups in total. The Balaban J connectivity index is 1.32. The van der Waals surface area contributed by atoms with Crippen LogP contribution in [0.15, 0.2) is 55.0 Å². The van der Waals surface area contributed by atoms with E-state index in [-0.39, 0.29) is 12.4 Å². The second kappa shape index (κ2) is 9.14. The van der Waals surface area contributed by atoms with Crippen molar-refractivity contribution in [2.45, 2.75) is 12.8 Å². The van der Waals surface area contributed by atoms with Gasteiger partial charge in [0.15, 0.2) is 5.65 Å². The number of hydrogen-bond donors (Lipinski definition) is 1. The second-order valence-electron chi connectivity index (χ2n) is 7.72. The standard InChI is InChI=1S/C23H22F2N4O3S/c1-15(3-2-4-17-14-31-23(24,25)32-17)21-19-11-16(12-26-22(19)28-27-21)20-6-5-18(33-20)13-29-7-9-30-10-8-29/h2-6,11-12H,1,7-10,13-14H2,(H,26,27,28)/b3-2-,17-4+. The lowest BCUT2D eigenvalue weighted by atomic mass is 10.1. The maximum Gasteiger partial charge on any atom is 0.535 e. The van der Waals surface area contributed by atoms with E-state index in [9.17, 15) is 8.78 Å². The van der Waals surface area contributed by atoms with Gasteiger partial charge >= 0.3 is 6.29 Å². The molecule has 0 saturated carbocycles. The van der Waals surface area contributed by atoms with Crippen molar-refractivity contribution in [1.82, 2.24) is 20.1 Å². The van der Waals surface area contributed by atoms with Crippen LogP contribution in [0.25, 0.3) is 27.0 Å². The molecule has 2 saturated heterocycles. The molecule has 0 atom stereocenters. The summed E-state index contributed by atoms with van der Waals surface area (Å²) in [4.78, 5) is 9.33. The van der Waals surface area contributed by atoms with E-state index >= 15 is 0 Å². The minimum absolute atomic E-state index is 0.0467. The Morgan fingerprint density at radius 2 is 2.15 bits per heavy atom. The first-order valence-electron chi connectivity index (χ1n) is 10.5. The fourth-order valence-electron chi connectivity index (χ4n) is 3.68. The molecule has 2 aliphatic heterocycles. The van der Waals surface area contributed by atoms with Crippen molar-refractivity contribution in [3.05, 3.63) is 65.5 Å². The number of morpholine rings is 1. The van der Waals surface area contributed by atoms with Crippen molar-refractivity contribution in [2.24, 2.45) is 0 Å². The molecule has 5 rings (SSSR count). The van der Waals surface area contributed by atoms with Crippen LogP contribution in [0.4, 0.5) is 8.78 Å². The number of halogens is 2. The largest absolute Gasteiger partial charge is 0.535 e. The van der Waals surface area contributed by atoms with Crippen molar-refractivity contribution in [1.29, 1.82) is 0 Å². The summed E-state index contributed by atoms with van der Waals surface area (Å²) in [6.45, 7) is 8.15. The number of thiophene rings is 1. The average molecular weight is 473 g/mol. The van der Waals surface area contributed by atoms with Gasteiger partial charge in [-0.15, -0.1) is 20.1 Å². The van der Waals surface area contributed by atoms with E-state index in [1.165, 1.54) is 11.0 Å². The molecule has 0 aliphatic carbocycles. The topological polar surface area (TPSA) is 72.5 Å². The number of fused-ring (bicyclic) bond motifs is 1. The van der Waals surface area contributed by atoms with Gasteiger partial charge in [-0.05, 0) is 29.8 Å². The van der Waals surface area contributed by atoms with Gasteiger partial charge in [-0.25, -0.2) is 4.98 Å². The highest BCUT2D eigenvalue weighted by Gasteiger charge is 2.40. The number of pyridine rings is 1. The molecule has 0 unspecified atom stereocenters. The number of alkyl halides is 2. The zero-order chi connectivity index (χ0) is 22.8. The predicted molar refractivity (Wildman–Crippen MR) is 122 cm³/mol. The molecule has 2 fully saturated rings. The molecular weight excluding hydrogens is 450 g/mol. The molecule has 5 heterocycles. The molecule has 172 valence electrons. The van der Waals surface area contributed by atoms with Gasteiger partial charge in [-0.1, -0.05) is 18.7 Å². The molecule has 0 amide bonds. The van der Waals surface area contributed by atoms with Crippen molar-refractivity contribution < 1.29 is 23.0 Å². The summed E-state index contributed by atoms with van der Waals surface area (Å²) in [5.74, 6) is 0.0467. The first-order valence-corrected chi connectivity index (χ1v) is 11.3. The number of nitrogens with one attached hydrogen (secondary N) is 1. The Morgan fingerprint density at radius 3 is 2.94 bits per heavy atom. The first kappa shape index (κ1) is 21.9. The number of aromatic amines is 1. The zero-order valence-electron chi connectivity index (χ0n) is 17.7. The molecule has 2 aliphatic rings. The molecule has 0 spiro atoms. The number of aromatic nitrogens is 3. The van der Waals surface area contributed by atoms with E-state index < -0.39 is 6.29 Å². The van der Waals surface area contributed by atoms with E-state index in [0.29, 0.717) is 16.9 Å². The Bertz CT molecular complexity index is 1230. The van der Waals surface area contributed by atoms with Crippen molar-refractivity contribution in [3.8, 4) is 10.4 Å². The highest BCUT2D eigenvalue weighted by molar-refractivity contribution is 7.15. The molecule has 3 aromatic heterocycles. The summed E-state index contributed by atoms with van der Waals surface area (Å²) in [6.07, 6.45) is 2.95.